The van der Waals surface area contributed by atoms with E-state index in [1.165, 1.54) is 11.3 Å². The maximum atomic E-state index is 11.8. The number of hydrogen-bond donors (Lipinski definition) is 2. The van der Waals surface area contributed by atoms with Crippen molar-refractivity contribution in [3.05, 3.63) is 46.7 Å². The van der Waals surface area contributed by atoms with Gasteiger partial charge in [-0.2, -0.15) is 0 Å². The summed E-state index contributed by atoms with van der Waals surface area (Å²) in [5.74, 6) is 0.326. The van der Waals surface area contributed by atoms with Gasteiger partial charge in [-0.15, -0.1) is 11.3 Å². The Labute approximate surface area is 139 Å². The first-order chi connectivity index (χ1) is 11.0. The second kappa shape index (κ2) is 8.33. The number of hydrogen-bond acceptors (Lipinski definition) is 4. The van der Waals surface area contributed by atoms with Gasteiger partial charge in [0, 0.05) is 10.6 Å². The maximum absolute atomic E-state index is 11.8. The summed E-state index contributed by atoms with van der Waals surface area (Å²) in [5.41, 5.74) is 0.665. The Hall–Kier alpha value is -2.34. The zero-order valence-electron chi connectivity index (χ0n) is 13.2. The van der Waals surface area contributed by atoms with E-state index in [1.807, 2.05) is 31.4 Å². The molecule has 6 heteroatoms. The molecule has 5 nitrogen and oxygen atoms in total. The van der Waals surface area contributed by atoms with Crippen LogP contribution in [-0.4, -0.2) is 24.5 Å². The van der Waals surface area contributed by atoms with Crippen molar-refractivity contribution in [1.82, 2.24) is 5.32 Å². The van der Waals surface area contributed by atoms with Crippen LogP contribution in [0.15, 0.2) is 41.8 Å². The highest BCUT2D eigenvalue weighted by molar-refractivity contribution is 7.10. The normalized spacial score (nSPS) is 10.4. The van der Waals surface area contributed by atoms with Crippen LogP contribution in [0.25, 0.3) is 0 Å². The predicted molar refractivity (Wildman–Crippen MR) is 91.9 cm³/mol. The fraction of sp³-hybridized carbons (Fsp3) is 0.294. The van der Waals surface area contributed by atoms with Gasteiger partial charge in [-0.25, -0.2) is 0 Å². The Morgan fingerprint density at radius 1 is 1.13 bits per heavy atom. The van der Waals surface area contributed by atoms with Crippen LogP contribution < -0.4 is 15.4 Å². The number of ether oxygens (including phenoxy) is 1. The molecule has 1 aromatic carbocycles. The maximum Gasteiger partial charge on any atom is 0.243 e. The molecule has 2 rings (SSSR count). The molecule has 0 bridgehead atoms. The van der Waals surface area contributed by atoms with E-state index in [0.29, 0.717) is 12.1 Å². The standard InChI is InChI=1S/C17H20N2O3S/c1-12(2)22-14-7-5-13(6-8-14)19-17(21)11-18-16(20)10-15-4-3-9-23-15/h3-9,12H,10-11H2,1-2H3,(H,18,20)(H,19,21). The van der Waals surface area contributed by atoms with Crippen LogP contribution in [0, 0.1) is 0 Å². The van der Waals surface area contributed by atoms with E-state index >= 15 is 0 Å². The first kappa shape index (κ1) is 17.0. The van der Waals surface area contributed by atoms with Gasteiger partial charge in [-0.3, -0.25) is 9.59 Å². The van der Waals surface area contributed by atoms with Crippen molar-refractivity contribution in [3.63, 3.8) is 0 Å². The van der Waals surface area contributed by atoms with Crippen LogP contribution in [0.5, 0.6) is 5.75 Å². The molecule has 2 N–H and O–H groups in total. The molecule has 0 spiro atoms. The third-order valence-electron chi connectivity index (χ3n) is 2.87. The minimum Gasteiger partial charge on any atom is -0.491 e. The van der Waals surface area contributed by atoms with Crippen molar-refractivity contribution in [3.8, 4) is 5.75 Å². The number of thiophene rings is 1. The molecule has 23 heavy (non-hydrogen) atoms. The molecule has 0 aliphatic rings. The molecule has 0 atom stereocenters. The molecule has 0 aliphatic carbocycles. The third-order valence-corrected chi connectivity index (χ3v) is 3.75. The van der Waals surface area contributed by atoms with E-state index in [4.69, 9.17) is 4.74 Å². The Bertz CT molecular complexity index is 636. The first-order valence-corrected chi connectivity index (χ1v) is 8.26. The van der Waals surface area contributed by atoms with Crippen molar-refractivity contribution in [2.75, 3.05) is 11.9 Å². The predicted octanol–water partition coefficient (Wildman–Crippen LogP) is 2.83. The van der Waals surface area contributed by atoms with Gasteiger partial charge >= 0.3 is 0 Å². The zero-order valence-corrected chi connectivity index (χ0v) is 14.0. The lowest BCUT2D eigenvalue weighted by atomic mass is 10.3. The monoisotopic (exact) mass is 332 g/mol. The van der Waals surface area contributed by atoms with Crippen LogP contribution in [0.1, 0.15) is 18.7 Å². The highest BCUT2D eigenvalue weighted by Crippen LogP contribution is 2.16. The molecule has 0 fully saturated rings. The number of rotatable bonds is 7. The SMILES string of the molecule is CC(C)Oc1ccc(NC(=O)CNC(=O)Cc2cccs2)cc1. The number of carbonyl (C=O) groups is 2. The van der Waals surface area contributed by atoms with E-state index < -0.39 is 0 Å². The van der Waals surface area contributed by atoms with Gasteiger partial charge in [0.2, 0.25) is 11.8 Å². The van der Waals surface area contributed by atoms with Crippen LogP contribution in [0.3, 0.4) is 0 Å². The topological polar surface area (TPSA) is 67.4 Å². The molecule has 1 heterocycles. The van der Waals surface area contributed by atoms with E-state index in [1.54, 1.807) is 24.3 Å². The van der Waals surface area contributed by atoms with E-state index in [0.717, 1.165) is 10.6 Å². The smallest absolute Gasteiger partial charge is 0.243 e. The van der Waals surface area contributed by atoms with Gasteiger partial charge in [-0.05, 0) is 49.6 Å². The third kappa shape index (κ3) is 6.12. The molecule has 0 aliphatic heterocycles. The number of benzene rings is 1. The number of nitrogens with one attached hydrogen (secondary N) is 2. The van der Waals surface area contributed by atoms with Gasteiger partial charge in [0.15, 0.2) is 0 Å². The van der Waals surface area contributed by atoms with Crippen LogP contribution in [0.2, 0.25) is 0 Å². The van der Waals surface area contributed by atoms with Crippen LogP contribution >= 0.6 is 11.3 Å². The summed E-state index contributed by atoms with van der Waals surface area (Å²) in [5, 5.41) is 7.26. The zero-order chi connectivity index (χ0) is 16.7. The fourth-order valence-electron chi connectivity index (χ4n) is 1.91. The second-order valence-corrected chi connectivity index (χ2v) is 6.30. The molecule has 2 aromatic rings. The lowest BCUT2D eigenvalue weighted by Gasteiger charge is -2.11. The van der Waals surface area contributed by atoms with Crippen molar-refractivity contribution in [2.45, 2.75) is 26.4 Å². The molecule has 0 saturated carbocycles. The largest absolute Gasteiger partial charge is 0.491 e. The molecule has 0 unspecified atom stereocenters. The van der Waals surface area contributed by atoms with Crippen molar-refractivity contribution in [1.29, 1.82) is 0 Å². The highest BCUT2D eigenvalue weighted by Gasteiger charge is 2.07. The van der Waals surface area contributed by atoms with E-state index in [9.17, 15) is 9.59 Å². The molecule has 0 saturated heterocycles. The Kier molecular flexibility index (Phi) is 6.17. The lowest BCUT2D eigenvalue weighted by Crippen LogP contribution is -2.33. The average Bonchev–Trinajstić information content (AvgIpc) is 2.99. The molecular weight excluding hydrogens is 312 g/mol. The lowest BCUT2D eigenvalue weighted by molar-refractivity contribution is -0.123. The number of anilines is 1. The van der Waals surface area contributed by atoms with Crippen molar-refractivity contribution < 1.29 is 14.3 Å². The van der Waals surface area contributed by atoms with Gasteiger partial charge in [-0.1, -0.05) is 6.07 Å². The first-order valence-electron chi connectivity index (χ1n) is 7.38. The minimum absolute atomic E-state index is 0.0472. The number of amides is 2. The van der Waals surface area contributed by atoms with Crippen LogP contribution in [0.4, 0.5) is 5.69 Å². The average molecular weight is 332 g/mol. The highest BCUT2D eigenvalue weighted by atomic mass is 32.1. The summed E-state index contributed by atoms with van der Waals surface area (Å²) >= 11 is 1.52. The van der Waals surface area contributed by atoms with E-state index in [-0.39, 0.29) is 24.5 Å². The molecule has 122 valence electrons. The molecule has 1 aromatic heterocycles. The molecular formula is C17H20N2O3S. The summed E-state index contributed by atoms with van der Waals surface area (Å²) in [6.45, 7) is 3.86. The minimum atomic E-state index is -0.262. The van der Waals surface area contributed by atoms with Crippen LogP contribution in [-0.2, 0) is 16.0 Å². The summed E-state index contributed by atoms with van der Waals surface area (Å²) in [4.78, 5) is 24.5. The summed E-state index contributed by atoms with van der Waals surface area (Å²) in [7, 11) is 0. The van der Waals surface area contributed by atoms with Gasteiger partial charge in [0.05, 0.1) is 19.1 Å². The van der Waals surface area contributed by atoms with Crippen molar-refractivity contribution >= 4 is 28.8 Å². The Balaban J connectivity index is 1.74. The molecule has 2 amide bonds. The fourth-order valence-corrected chi connectivity index (χ4v) is 2.61. The quantitative estimate of drug-likeness (QED) is 0.819. The van der Waals surface area contributed by atoms with E-state index in [2.05, 4.69) is 10.6 Å². The summed E-state index contributed by atoms with van der Waals surface area (Å²) in [6, 6.07) is 10.9. The van der Waals surface area contributed by atoms with Gasteiger partial charge in [0.1, 0.15) is 5.75 Å². The summed E-state index contributed by atoms with van der Waals surface area (Å²) in [6.07, 6.45) is 0.403. The Morgan fingerprint density at radius 2 is 1.87 bits per heavy atom. The van der Waals surface area contributed by atoms with Gasteiger partial charge in [0.25, 0.3) is 0 Å². The number of carbonyl (C=O) groups excluding carboxylic acids is 2. The van der Waals surface area contributed by atoms with Crippen molar-refractivity contribution in [2.24, 2.45) is 0 Å². The van der Waals surface area contributed by atoms with Gasteiger partial charge < -0.3 is 15.4 Å². The summed E-state index contributed by atoms with van der Waals surface area (Å²) < 4.78 is 5.53. The molecule has 0 radical (unpaired) electrons. The second-order valence-electron chi connectivity index (χ2n) is 5.27. The Morgan fingerprint density at radius 3 is 2.48 bits per heavy atom.